The lowest BCUT2D eigenvalue weighted by Gasteiger charge is -2.07. The number of nitrogens with zero attached hydrogens (tertiary/aromatic N) is 1. The van der Waals surface area contributed by atoms with Crippen molar-refractivity contribution >= 4 is 24.5 Å². The number of phenolic OH excluding ortho intramolecular Hbond substituents is 3. The second kappa shape index (κ2) is 8.20. The normalized spacial score (nSPS) is 11.9. The molecule has 1 rings (SSSR count). The van der Waals surface area contributed by atoms with Gasteiger partial charge in [-0.25, -0.2) is 5.43 Å². The Labute approximate surface area is 121 Å². The van der Waals surface area contributed by atoms with Crippen LogP contribution in [0.5, 0.6) is 17.2 Å². The van der Waals surface area contributed by atoms with Gasteiger partial charge >= 0.3 is 0 Å². The summed E-state index contributed by atoms with van der Waals surface area (Å²) in [6.07, 6.45) is 1.10. The Kier molecular flexibility index (Phi) is 7.37. The molecule has 0 radical (unpaired) electrons. The number of halogens is 1. The van der Waals surface area contributed by atoms with E-state index in [0.29, 0.717) is 0 Å². The number of hydrogen-bond donors (Lipinski definition) is 5. The third-order valence-electron chi connectivity index (χ3n) is 2.22. The fraction of sp³-hybridized carbons (Fsp3) is 0.273. The van der Waals surface area contributed by atoms with Crippen molar-refractivity contribution in [3.63, 3.8) is 0 Å². The molecule has 20 heavy (non-hydrogen) atoms. The minimum absolute atomic E-state index is 0. The zero-order chi connectivity index (χ0) is 14.4. The van der Waals surface area contributed by atoms with E-state index in [1.54, 1.807) is 0 Å². The van der Waals surface area contributed by atoms with Gasteiger partial charge < -0.3 is 25.8 Å². The topological polar surface area (TPSA) is 137 Å². The third kappa shape index (κ3) is 4.57. The van der Waals surface area contributed by atoms with Gasteiger partial charge in [-0.2, -0.15) is 5.10 Å². The minimum Gasteiger partial charge on any atom is -0.504 e. The molecule has 8 nitrogen and oxygen atoms in total. The number of rotatable bonds is 5. The Morgan fingerprint density at radius 1 is 1.45 bits per heavy atom. The van der Waals surface area contributed by atoms with Crippen LogP contribution in [0, 0.1) is 0 Å². The monoisotopic (exact) mass is 305 g/mol. The van der Waals surface area contributed by atoms with E-state index in [9.17, 15) is 15.0 Å². The molecule has 0 aliphatic carbocycles. The molecule has 0 saturated heterocycles. The largest absolute Gasteiger partial charge is 0.504 e. The molecule has 1 aromatic rings. The van der Waals surface area contributed by atoms with Crippen molar-refractivity contribution < 1.29 is 24.9 Å². The van der Waals surface area contributed by atoms with E-state index < -0.39 is 29.2 Å². The number of methoxy groups -OCH3 is 1. The highest BCUT2D eigenvalue weighted by atomic mass is 35.5. The molecule has 0 fully saturated rings. The molecule has 0 aliphatic heterocycles. The van der Waals surface area contributed by atoms with Crippen LogP contribution in [-0.2, 0) is 9.53 Å². The van der Waals surface area contributed by atoms with Gasteiger partial charge in [0.1, 0.15) is 6.04 Å². The number of carbonyl (C=O) groups is 1. The van der Waals surface area contributed by atoms with Crippen molar-refractivity contribution in [3.8, 4) is 17.2 Å². The molecule has 6 N–H and O–H groups in total. The van der Waals surface area contributed by atoms with E-state index in [0.717, 1.165) is 6.21 Å². The van der Waals surface area contributed by atoms with E-state index in [-0.39, 0.29) is 24.6 Å². The lowest BCUT2D eigenvalue weighted by Crippen LogP contribution is -2.41. The molecule has 0 spiro atoms. The van der Waals surface area contributed by atoms with E-state index >= 15 is 0 Å². The standard InChI is InChI=1S/C11H15N3O5.ClH/c1-19-5-7(12)11(18)14-13-4-6-2-3-8(15)10(17)9(6)16;/h2-4,7,15-17H,5,12H2,1H3,(H,14,18);1H. The summed E-state index contributed by atoms with van der Waals surface area (Å²) in [4.78, 5) is 11.3. The number of nitrogens with two attached hydrogens (primary N) is 1. The number of nitrogens with one attached hydrogen (secondary N) is 1. The van der Waals surface area contributed by atoms with Crippen molar-refractivity contribution in [2.75, 3.05) is 13.7 Å². The maximum Gasteiger partial charge on any atom is 0.259 e. The fourth-order valence-corrected chi connectivity index (χ4v) is 1.19. The highest BCUT2D eigenvalue weighted by Gasteiger charge is 2.12. The number of carbonyl (C=O) groups excluding carboxylic acids is 1. The van der Waals surface area contributed by atoms with Crippen LogP contribution in [-0.4, -0.2) is 47.2 Å². The highest BCUT2D eigenvalue weighted by molar-refractivity contribution is 5.87. The van der Waals surface area contributed by atoms with Crippen LogP contribution in [0.3, 0.4) is 0 Å². The molecule has 112 valence electrons. The van der Waals surface area contributed by atoms with Gasteiger partial charge in [-0.15, -0.1) is 12.4 Å². The molecule has 1 amide bonds. The number of aromatic hydroxyl groups is 3. The minimum atomic E-state index is -0.857. The summed E-state index contributed by atoms with van der Waals surface area (Å²) in [5.41, 5.74) is 7.72. The van der Waals surface area contributed by atoms with Crippen molar-refractivity contribution in [2.24, 2.45) is 10.8 Å². The summed E-state index contributed by atoms with van der Waals surface area (Å²) in [7, 11) is 1.41. The quantitative estimate of drug-likeness (QED) is 0.286. The van der Waals surface area contributed by atoms with Gasteiger partial charge in [0.25, 0.3) is 5.91 Å². The number of amides is 1. The Morgan fingerprint density at radius 3 is 2.70 bits per heavy atom. The van der Waals surface area contributed by atoms with E-state index in [4.69, 9.17) is 15.6 Å². The highest BCUT2D eigenvalue weighted by Crippen LogP contribution is 2.36. The maximum atomic E-state index is 11.3. The van der Waals surface area contributed by atoms with Gasteiger partial charge in [-0.3, -0.25) is 4.79 Å². The Morgan fingerprint density at radius 2 is 2.10 bits per heavy atom. The summed E-state index contributed by atoms with van der Waals surface area (Å²) in [5, 5.41) is 31.4. The summed E-state index contributed by atoms with van der Waals surface area (Å²) in [5.74, 6) is -2.22. The Balaban J connectivity index is 0.00000361. The molecule has 0 saturated carbocycles. The number of ether oxygens (including phenoxy) is 1. The van der Waals surface area contributed by atoms with Crippen molar-refractivity contribution in [3.05, 3.63) is 17.7 Å². The first-order valence-corrected chi connectivity index (χ1v) is 5.28. The zero-order valence-electron chi connectivity index (χ0n) is 10.6. The molecule has 9 heteroatoms. The molecule has 0 aliphatic rings. The fourth-order valence-electron chi connectivity index (χ4n) is 1.19. The number of hydrazone groups is 1. The smallest absolute Gasteiger partial charge is 0.259 e. The van der Waals surface area contributed by atoms with Crippen LogP contribution < -0.4 is 11.2 Å². The maximum absolute atomic E-state index is 11.3. The first-order valence-electron chi connectivity index (χ1n) is 5.28. The van der Waals surface area contributed by atoms with Crippen LogP contribution in [0.2, 0.25) is 0 Å². The van der Waals surface area contributed by atoms with Crippen LogP contribution in [0.15, 0.2) is 17.2 Å². The predicted molar refractivity (Wildman–Crippen MR) is 74.3 cm³/mol. The first-order chi connectivity index (χ1) is 8.97. The van der Waals surface area contributed by atoms with Crippen molar-refractivity contribution in [2.45, 2.75) is 6.04 Å². The third-order valence-corrected chi connectivity index (χ3v) is 2.22. The molecule has 0 heterocycles. The van der Waals surface area contributed by atoms with Gasteiger partial charge in [-0.05, 0) is 12.1 Å². The molecular formula is C11H16ClN3O5. The molecule has 1 atom stereocenters. The molecule has 1 aromatic carbocycles. The SMILES string of the molecule is COCC(N)C(=O)NN=Cc1ccc(O)c(O)c1O.Cl. The van der Waals surface area contributed by atoms with E-state index in [1.165, 1.54) is 19.2 Å². The van der Waals surface area contributed by atoms with Crippen molar-refractivity contribution in [1.29, 1.82) is 0 Å². The van der Waals surface area contributed by atoms with Gasteiger partial charge in [0, 0.05) is 12.7 Å². The van der Waals surface area contributed by atoms with Gasteiger partial charge in [-0.1, -0.05) is 0 Å². The Hall–Kier alpha value is -2.03. The average Bonchev–Trinajstić information content (AvgIpc) is 2.39. The second-order valence-corrected chi connectivity index (χ2v) is 3.67. The molecule has 1 unspecified atom stereocenters. The van der Waals surface area contributed by atoms with Crippen molar-refractivity contribution in [1.82, 2.24) is 5.43 Å². The van der Waals surface area contributed by atoms with E-state index in [2.05, 4.69) is 10.5 Å². The number of phenols is 3. The Bertz CT molecular complexity index is 495. The molecule has 0 aromatic heterocycles. The van der Waals surface area contributed by atoms with Gasteiger partial charge in [0.15, 0.2) is 11.5 Å². The zero-order valence-corrected chi connectivity index (χ0v) is 11.4. The van der Waals surface area contributed by atoms with Crippen LogP contribution in [0.4, 0.5) is 0 Å². The summed E-state index contributed by atoms with van der Waals surface area (Å²) in [6.45, 7) is 0.0482. The molecule has 0 bridgehead atoms. The van der Waals surface area contributed by atoms with Crippen LogP contribution in [0.25, 0.3) is 0 Å². The summed E-state index contributed by atoms with van der Waals surface area (Å²) < 4.78 is 4.70. The van der Waals surface area contributed by atoms with E-state index in [1.807, 2.05) is 0 Å². The summed E-state index contributed by atoms with van der Waals surface area (Å²) >= 11 is 0. The van der Waals surface area contributed by atoms with Gasteiger partial charge in [0.2, 0.25) is 5.75 Å². The lowest BCUT2D eigenvalue weighted by molar-refractivity contribution is -0.123. The average molecular weight is 306 g/mol. The number of hydrogen-bond acceptors (Lipinski definition) is 7. The summed E-state index contributed by atoms with van der Waals surface area (Å²) in [6, 6.07) is 1.63. The first kappa shape index (κ1) is 18.0. The number of benzene rings is 1. The molecular weight excluding hydrogens is 290 g/mol. The van der Waals surface area contributed by atoms with Gasteiger partial charge in [0.05, 0.1) is 12.8 Å². The predicted octanol–water partition coefficient (Wildman–Crippen LogP) is -0.351. The van der Waals surface area contributed by atoms with Crippen LogP contribution in [0.1, 0.15) is 5.56 Å². The second-order valence-electron chi connectivity index (χ2n) is 3.67. The van der Waals surface area contributed by atoms with Crippen LogP contribution >= 0.6 is 12.4 Å². The lowest BCUT2D eigenvalue weighted by atomic mass is 10.2.